The number of guanidine groups is 1. The van der Waals surface area contributed by atoms with E-state index in [1.165, 1.54) is 24.2 Å². The molecule has 0 spiro atoms. The van der Waals surface area contributed by atoms with Crippen molar-refractivity contribution in [2.45, 2.75) is 25.8 Å². The summed E-state index contributed by atoms with van der Waals surface area (Å²) in [6, 6.07) is 10.5. The van der Waals surface area contributed by atoms with Crippen LogP contribution in [0, 0.1) is 0 Å². The number of hydrogen-bond acceptors (Lipinski definition) is 3. The number of hydrogen-bond donors (Lipinski definition) is 2. The summed E-state index contributed by atoms with van der Waals surface area (Å²) in [6.07, 6.45) is 9.34. The molecule has 0 saturated heterocycles. The summed E-state index contributed by atoms with van der Waals surface area (Å²) in [5.74, 6) is 3.18. The lowest BCUT2D eigenvalue weighted by Gasteiger charge is -2.12. The lowest BCUT2D eigenvalue weighted by atomic mass is 10.2. The first-order valence-electron chi connectivity index (χ1n) is 8.81. The standard InChI is InChI=1S/C19H29N5S/c1-20-19(22-11-6-7-15-25-2)23-12-10-18-21-13-14-24(18)16-17-8-4-3-5-9-17/h3-5,8-9,13-14H,6-7,10-12,15-16H2,1-2H3,(H2,20,22,23). The number of thioether (sulfide) groups is 1. The van der Waals surface area contributed by atoms with Crippen LogP contribution in [0.15, 0.2) is 47.7 Å². The molecular formula is C19H29N5S. The summed E-state index contributed by atoms with van der Waals surface area (Å²) in [7, 11) is 1.81. The number of aromatic nitrogens is 2. The fourth-order valence-corrected chi connectivity index (χ4v) is 3.08. The first kappa shape index (κ1) is 19.4. The van der Waals surface area contributed by atoms with E-state index >= 15 is 0 Å². The van der Waals surface area contributed by atoms with Crippen molar-refractivity contribution in [3.05, 3.63) is 54.1 Å². The number of rotatable bonds is 10. The Morgan fingerprint density at radius 1 is 1.16 bits per heavy atom. The maximum atomic E-state index is 4.49. The molecule has 0 fully saturated rings. The molecule has 0 aliphatic heterocycles. The van der Waals surface area contributed by atoms with Gasteiger partial charge >= 0.3 is 0 Å². The number of imidazole rings is 1. The second-order valence-electron chi connectivity index (χ2n) is 5.83. The van der Waals surface area contributed by atoms with Gasteiger partial charge in [-0.1, -0.05) is 30.3 Å². The molecule has 25 heavy (non-hydrogen) atoms. The van der Waals surface area contributed by atoms with Gasteiger partial charge in [0, 0.05) is 45.5 Å². The second kappa shape index (κ2) is 11.6. The highest BCUT2D eigenvalue weighted by Gasteiger charge is 2.04. The van der Waals surface area contributed by atoms with Crippen molar-refractivity contribution < 1.29 is 0 Å². The van der Waals surface area contributed by atoms with Crippen LogP contribution in [0.4, 0.5) is 0 Å². The van der Waals surface area contributed by atoms with E-state index in [1.807, 2.05) is 37.3 Å². The third-order valence-electron chi connectivity index (χ3n) is 3.93. The molecule has 2 aromatic rings. The van der Waals surface area contributed by atoms with Crippen molar-refractivity contribution in [2.75, 3.05) is 32.1 Å². The average Bonchev–Trinajstić information content (AvgIpc) is 3.08. The van der Waals surface area contributed by atoms with Crippen LogP contribution >= 0.6 is 11.8 Å². The molecule has 0 radical (unpaired) electrons. The van der Waals surface area contributed by atoms with Gasteiger partial charge in [-0.2, -0.15) is 11.8 Å². The molecule has 0 unspecified atom stereocenters. The minimum Gasteiger partial charge on any atom is -0.356 e. The molecular weight excluding hydrogens is 330 g/mol. The first-order valence-corrected chi connectivity index (χ1v) is 10.2. The Labute approximate surface area is 155 Å². The number of benzene rings is 1. The second-order valence-corrected chi connectivity index (χ2v) is 6.82. The lowest BCUT2D eigenvalue weighted by molar-refractivity contribution is 0.688. The third kappa shape index (κ3) is 7.22. The van der Waals surface area contributed by atoms with Gasteiger partial charge in [0.2, 0.25) is 0 Å². The summed E-state index contributed by atoms with van der Waals surface area (Å²) in [5.41, 5.74) is 1.29. The molecule has 0 aliphatic rings. The molecule has 0 aliphatic carbocycles. The van der Waals surface area contributed by atoms with Crippen LogP contribution in [0.25, 0.3) is 0 Å². The normalized spacial score (nSPS) is 11.5. The molecule has 1 aromatic carbocycles. The van der Waals surface area contributed by atoms with Gasteiger partial charge in [-0.3, -0.25) is 4.99 Å². The van der Waals surface area contributed by atoms with Crippen molar-refractivity contribution in [3.8, 4) is 0 Å². The van der Waals surface area contributed by atoms with Crippen LogP contribution in [0.5, 0.6) is 0 Å². The Bertz CT molecular complexity index is 624. The molecule has 0 atom stereocenters. The predicted molar refractivity (Wildman–Crippen MR) is 108 cm³/mol. The monoisotopic (exact) mass is 359 g/mol. The Balaban J connectivity index is 1.73. The molecule has 5 nitrogen and oxygen atoms in total. The molecule has 1 aromatic heterocycles. The van der Waals surface area contributed by atoms with Gasteiger partial charge in [-0.05, 0) is 30.4 Å². The average molecular weight is 360 g/mol. The van der Waals surface area contributed by atoms with Crippen LogP contribution < -0.4 is 10.6 Å². The van der Waals surface area contributed by atoms with Crippen LogP contribution in [-0.2, 0) is 13.0 Å². The number of aliphatic imine (C=N–C) groups is 1. The van der Waals surface area contributed by atoms with Gasteiger partial charge < -0.3 is 15.2 Å². The van der Waals surface area contributed by atoms with E-state index in [0.29, 0.717) is 0 Å². The first-order chi connectivity index (χ1) is 12.3. The van der Waals surface area contributed by atoms with Crippen molar-refractivity contribution >= 4 is 17.7 Å². The smallest absolute Gasteiger partial charge is 0.190 e. The van der Waals surface area contributed by atoms with E-state index in [0.717, 1.165) is 37.8 Å². The minimum atomic E-state index is 0.816. The topological polar surface area (TPSA) is 54.2 Å². The zero-order valence-corrected chi connectivity index (χ0v) is 16.1. The third-order valence-corrected chi connectivity index (χ3v) is 4.63. The Morgan fingerprint density at radius 3 is 2.72 bits per heavy atom. The van der Waals surface area contributed by atoms with Crippen LogP contribution in [0.3, 0.4) is 0 Å². The van der Waals surface area contributed by atoms with E-state index in [1.54, 1.807) is 0 Å². The maximum Gasteiger partial charge on any atom is 0.190 e. The Kier molecular flexibility index (Phi) is 8.97. The highest BCUT2D eigenvalue weighted by atomic mass is 32.2. The van der Waals surface area contributed by atoms with Gasteiger partial charge in [0.15, 0.2) is 5.96 Å². The van der Waals surface area contributed by atoms with Crippen molar-refractivity contribution in [1.82, 2.24) is 20.2 Å². The number of unbranched alkanes of at least 4 members (excludes halogenated alkanes) is 1. The van der Waals surface area contributed by atoms with Gasteiger partial charge in [-0.25, -0.2) is 4.98 Å². The van der Waals surface area contributed by atoms with E-state index < -0.39 is 0 Å². The highest BCUT2D eigenvalue weighted by Crippen LogP contribution is 2.05. The number of nitrogens with zero attached hydrogens (tertiary/aromatic N) is 3. The molecule has 6 heteroatoms. The van der Waals surface area contributed by atoms with Crippen molar-refractivity contribution in [2.24, 2.45) is 4.99 Å². The maximum absolute atomic E-state index is 4.49. The molecule has 2 rings (SSSR count). The van der Waals surface area contributed by atoms with Gasteiger partial charge in [0.05, 0.1) is 0 Å². The number of nitrogens with one attached hydrogen (secondary N) is 2. The fraction of sp³-hybridized carbons (Fsp3) is 0.474. The Morgan fingerprint density at radius 2 is 1.96 bits per heavy atom. The molecule has 1 heterocycles. The quantitative estimate of drug-likeness (QED) is 0.389. The molecule has 2 N–H and O–H groups in total. The summed E-state index contributed by atoms with van der Waals surface area (Å²) in [6.45, 7) is 2.64. The van der Waals surface area contributed by atoms with Crippen molar-refractivity contribution in [1.29, 1.82) is 0 Å². The molecule has 0 bridgehead atoms. The zero-order valence-electron chi connectivity index (χ0n) is 15.2. The predicted octanol–water partition coefficient (Wildman–Crippen LogP) is 2.78. The fourth-order valence-electron chi connectivity index (χ4n) is 2.58. The van der Waals surface area contributed by atoms with E-state index in [9.17, 15) is 0 Å². The molecule has 136 valence electrons. The summed E-state index contributed by atoms with van der Waals surface area (Å²) in [4.78, 5) is 8.77. The van der Waals surface area contributed by atoms with E-state index in [2.05, 4.69) is 55.7 Å². The molecule has 0 amide bonds. The van der Waals surface area contributed by atoms with E-state index in [-0.39, 0.29) is 0 Å². The zero-order chi connectivity index (χ0) is 17.7. The lowest BCUT2D eigenvalue weighted by Crippen LogP contribution is -2.39. The van der Waals surface area contributed by atoms with Crippen LogP contribution in [0.1, 0.15) is 24.2 Å². The van der Waals surface area contributed by atoms with Gasteiger partial charge in [0.25, 0.3) is 0 Å². The minimum absolute atomic E-state index is 0.816. The van der Waals surface area contributed by atoms with Gasteiger partial charge in [0.1, 0.15) is 5.82 Å². The summed E-state index contributed by atoms with van der Waals surface area (Å²) < 4.78 is 2.20. The Hall–Kier alpha value is -1.95. The van der Waals surface area contributed by atoms with Gasteiger partial charge in [-0.15, -0.1) is 0 Å². The van der Waals surface area contributed by atoms with E-state index in [4.69, 9.17) is 0 Å². The highest BCUT2D eigenvalue weighted by molar-refractivity contribution is 7.98. The molecule has 0 saturated carbocycles. The van der Waals surface area contributed by atoms with Crippen LogP contribution in [-0.4, -0.2) is 47.7 Å². The van der Waals surface area contributed by atoms with Crippen molar-refractivity contribution in [3.63, 3.8) is 0 Å². The summed E-state index contributed by atoms with van der Waals surface area (Å²) >= 11 is 1.90. The summed E-state index contributed by atoms with van der Waals surface area (Å²) in [5, 5.41) is 6.74. The SMILES string of the molecule is CN=C(NCCCCSC)NCCc1nccn1Cc1ccccc1. The largest absolute Gasteiger partial charge is 0.356 e. The van der Waals surface area contributed by atoms with Crippen LogP contribution in [0.2, 0.25) is 0 Å².